The summed E-state index contributed by atoms with van der Waals surface area (Å²) in [5.74, 6) is -0.636. The summed E-state index contributed by atoms with van der Waals surface area (Å²) in [6.07, 6.45) is 1.55. The number of nitrogens with zero attached hydrogens (tertiary/aromatic N) is 1. The van der Waals surface area contributed by atoms with Gasteiger partial charge in [-0.15, -0.1) is 0 Å². The Balaban J connectivity index is 1.77. The zero-order valence-electron chi connectivity index (χ0n) is 17.8. The van der Waals surface area contributed by atoms with Crippen LogP contribution in [0, 0.1) is 3.57 Å². The van der Waals surface area contributed by atoms with Crippen molar-refractivity contribution < 1.29 is 33.4 Å². The van der Waals surface area contributed by atoms with E-state index in [1.165, 1.54) is 7.11 Å². The highest BCUT2D eigenvalue weighted by molar-refractivity contribution is 14.1. The second-order valence-electron chi connectivity index (χ2n) is 6.68. The molecule has 1 aliphatic heterocycles. The quantitative estimate of drug-likeness (QED) is 0.189. The molecule has 0 unspecified atom stereocenters. The van der Waals surface area contributed by atoms with Crippen LogP contribution < -0.4 is 9.47 Å². The maximum atomic E-state index is 12.8. The van der Waals surface area contributed by atoms with Crippen LogP contribution in [0.15, 0.2) is 47.4 Å². The largest absolute Gasteiger partial charge is 0.493 e. The first kappa shape index (κ1) is 24.8. The lowest BCUT2D eigenvalue weighted by molar-refractivity contribution is -0.145. The molecule has 0 saturated carbocycles. The van der Waals surface area contributed by atoms with Crippen LogP contribution in [-0.2, 0) is 14.3 Å². The van der Waals surface area contributed by atoms with E-state index in [4.69, 9.17) is 14.2 Å². The maximum absolute atomic E-state index is 12.8. The normalized spacial score (nSPS) is 14.5. The summed E-state index contributed by atoms with van der Waals surface area (Å²) in [6.45, 7) is 1.36. The molecule has 33 heavy (non-hydrogen) atoms. The van der Waals surface area contributed by atoms with Gasteiger partial charge in [0.1, 0.15) is 0 Å². The molecule has 8 nitrogen and oxygen atoms in total. The molecule has 1 heterocycles. The van der Waals surface area contributed by atoms with Gasteiger partial charge >= 0.3 is 5.97 Å². The van der Waals surface area contributed by atoms with Crippen molar-refractivity contribution in [1.29, 1.82) is 0 Å². The summed E-state index contributed by atoms with van der Waals surface area (Å²) in [6, 6.07) is 11.8. The Morgan fingerprint density at radius 1 is 1.15 bits per heavy atom. The van der Waals surface area contributed by atoms with Crippen molar-refractivity contribution in [3.63, 3.8) is 0 Å². The van der Waals surface area contributed by atoms with Gasteiger partial charge in [0.2, 0.25) is 0 Å². The van der Waals surface area contributed by atoms with Gasteiger partial charge in [0, 0.05) is 5.56 Å². The van der Waals surface area contributed by atoms with Crippen LogP contribution in [0.25, 0.3) is 6.08 Å². The third kappa shape index (κ3) is 6.14. The molecule has 0 N–H and O–H groups in total. The molecule has 10 heteroatoms. The van der Waals surface area contributed by atoms with Crippen molar-refractivity contribution in [3.8, 4) is 11.5 Å². The maximum Gasteiger partial charge on any atom is 0.344 e. The minimum Gasteiger partial charge on any atom is -0.493 e. The highest BCUT2D eigenvalue weighted by atomic mass is 127. The van der Waals surface area contributed by atoms with Crippen LogP contribution in [0.1, 0.15) is 22.8 Å². The fourth-order valence-corrected chi connectivity index (χ4v) is 4.56. The number of esters is 1. The van der Waals surface area contributed by atoms with E-state index in [2.05, 4.69) is 0 Å². The standard InChI is InChI=1S/C23H20INO7S/c1-3-31-20(27)13-32-21-16(24)9-14(10-18(21)30-2)11-19-22(28)25(23(29)33-19)12-17(26)15-7-5-4-6-8-15/h4-11H,3,12-13H2,1-2H3/b19-11+. The second kappa shape index (κ2) is 11.3. The van der Waals surface area contributed by atoms with E-state index < -0.39 is 17.1 Å². The molecule has 0 spiro atoms. The molecule has 172 valence electrons. The van der Waals surface area contributed by atoms with E-state index in [0.29, 0.717) is 26.2 Å². The second-order valence-corrected chi connectivity index (χ2v) is 8.84. The van der Waals surface area contributed by atoms with Crippen molar-refractivity contribution in [1.82, 2.24) is 4.90 Å². The van der Waals surface area contributed by atoms with Crippen molar-refractivity contribution in [2.24, 2.45) is 0 Å². The zero-order valence-corrected chi connectivity index (χ0v) is 20.8. The predicted molar refractivity (Wildman–Crippen MR) is 131 cm³/mol. The molecule has 0 aromatic heterocycles. The number of carbonyl (C=O) groups excluding carboxylic acids is 4. The summed E-state index contributed by atoms with van der Waals surface area (Å²) in [7, 11) is 1.45. The fraction of sp³-hybridized carbons (Fsp3) is 0.217. The van der Waals surface area contributed by atoms with Gasteiger partial charge in [-0.3, -0.25) is 19.3 Å². The molecule has 1 saturated heterocycles. The Labute approximate surface area is 208 Å². The van der Waals surface area contributed by atoms with Crippen LogP contribution >= 0.6 is 34.4 Å². The minimum absolute atomic E-state index is 0.193. The number of carbonyl (C=O) groups is 4. The van der Waals surface area contributed by atoms with Gasteiger partial charge in [-0.1, -0.05) is 30.3 Å². The molecule has 2 aromatic carbocycles. The smallest absolute Gasteiger partial charge is 0.344 e. The Bertz CT molecular complexity index is 1120. The number of amides is 2. The molecule has 0 atom stereocenters. The minimum atomic E-state index is -0.536. The van der Waals surface area contributed by atoms with Gasteiger partial charge in [0.25, 0.3) is 11.1 Å². The van der Waals surface area contributed by atoms with E-state index in [9.17, 15) is 19.2 Å². The molecule has 1 fully saturated rings. The summed E-state index contributed by atoms with van der Waals surface area (Å²) in [5.41, 5.74) is 1.03. The summed E-state index contributed by atoms with van der Waals surface area (Å²) >= 11 is 2.79. The van der Waals surface area contributed by atoms with E-state index in [1.807, 2.05) is 22.6 Å². The van der Waals surface area contributed by atoms with Crippen molar-refractivity contribution in [3.05, 3.63) is 62.1 Å². The molecule has 3 rings (SSSR count). The number of thioether (sulfide) groups is 1. The van der Waals surface area contributed by atoms with E-state index in [0.717, 1.165) is 16.7 Å². The van der Waals surface area contributed by atoms with Crippen LogP contribution in [-0.4, -0.2) is 54.7 Å². The first-order valence-corrected chi connectivity index (χ1v) is 11.7. The van der Waals surface area contributed by atoms with Crippen molar-refractivity contribution >= 4 is 63.3 Å². The Kier molecular flexibility index (Phi) is 8.50. The molecule has 2 amide bonds. The molecule has 0 radical (unpaired) electrons. The number of halogens is 1. The van der Waals surface area contributed by atoms with Crippen LogP contribution in [0.3, 0.4) is 0 Å². The third-order valence-corrected chi connectivity index (χ3v) is 6.17. The average molecular weight is 581 g/mol. The van der Waals surface area contributed by atoms with Gasteiger partial charge < -0.3 is 14.2 Å². The number of ether oxygens (including phenoxy) is 3. The fourth-order valence-electron chi connectivity index (χ4n) is 2.94. The first-order valence-electron chi connectivity index (χ1n) is 9.83. The van der Waals surface area contributed by atoms with E-state index in [1.54, 1.807) is 55.5 Å². The van der Waals surface area contributed by atoms with E-state index >= 15 is 0 Å². The highest BCUT2D eigenvalue weighted by Gasteiger charge is 2.36. The number of methoxy groups -OCH3 is 1. The van der Waals surface area contributed by atoms with Gasteiger partial charge in [-0.05, 0) is 65.0 Å². The number of hydrogen-bond acceptors (Lipinski definition) is 8. The highest BCUT2D eigenvalue weighted by Crippen LogP contribution is 2.37. The number of benzene rings is 2. The number of Topliss-reactive ketones (excluding diaryl/α,β-unsaturated/α-hetero) is 1. The molecule has 2 aromatic rings. The third-order valence-electron chi connectivity index (χ3n) is 4.46. The summed E-state index contributed by atoms with van der Waals surface area (Å²) in [5, 5.41) is -0.508. The number of hydrogen-bond donors (Lipinski definition) is 0. The SMILES string of the molecule is CCOC(=O)COc1c(I)cc(/C=C2/SC(=O)N(CC(=O)c3ccccc3)C2=O)cc1OC. The van der Waals surface area contributed by atoms with E-state index in [-0.39, 0.29) is 30.4 Å². The van der Waals surface area contributed by atoms with Crippen molar-refractivity contribution in [2.75, 3.05) is 26.9 Å². The molecular formula is C23H20INO7S. The molecule has 0 aliphatic carbocycles. The number of rotatable bonds is 9. The van der Waals surface area contributed by atoms with Crippen molar-refractivity contribution in [2.45, 2.75) is 6.92 Å². The van der Waals surface area contributed by atoms with Crippen LogP contribution in [0.5, 0.6) is 11.5 Å². The monoisotopic (exact) mass is 581 g/mol. The lowest BCUT2D eigenvalue weighted by Crippen LogP contribution is -2.33. The molecule has 1 aliphatic rings. The van der Waals surface area contributed by atoms with Gasteiger partial charge in [-0.25, -0.2) is 4.79 Å². The van der Waals surface area contributed by atoms with Crippen LogP contribution in [0.4, 0.5) is 4.79 Å². The lowest BCUT2D eigenvalue weighted by Gasteiger charge is -2.13. The summed E-state index contributed by atoms with van der Waals surface area (Å²) < 4.78 is 16.4. The van der Waals surface area contributed by atoms with Gasteiger partial charge in [0.05, 0.1) is 28.7 Å². The van der Waals surface area contributed by atoms with Gasteiger partial charge in [-0.2, -0.15) is 0 Å². The molecule has 0 bridgehead atoms. The number of imide groups is 1. The Morgan fingerprint density at radius 2 is 1.88 bits per heavy atom. The predicted octanol–water partition coefficient (Wildman–Crippen LogP) is 4.16. The summed E-state index contributed by atoms with van der Waals surface area (Å²) in [4.78, 5) is 50.3. The lowest BCUT2D eigenvalue weighted by atomic mass is 10.1. The zero-order chi connectivity index (χ0) is 24.0. The average Bonchev–Trinajstić information content (AvgIpc) is 3.06. The van der Waals surface area contributed by atoms with Gasteiger partial charge in [0.15, 0.2) is 23.9 Å². The van der Waals surface area contributed by atoms with Crippen LogP contribution in [0.2, 0.25) is 0 Å². The first-order chi connectivity index (χ1) is 15.8. The topological polar surface area (TPSA) is 99.2 Å². The molecular weight excluding hydrogens is 561 g/mol. The Hall–Kier alpha value is -2.86. The number of ketones is 1. The Morgan fingerprint density at radius 3 is 2.55 bits per heavy atom.